The molecule has 0 unspecified atom stereocenters. The summed E-state index contributed by atoms with van der Waals surface area (Å²) < 4.78 is 27.7. The average molecular weight is 263 g/mol. The molecule has 0 aliphatic carbocycles. The molecule has 1 aromatic rings. The van der Waals surface area contributed by atoms with Gasteiger partial charge in [-0.05, 0) is 18.1 Å². The predicted molar refractivity (Wildman–Crippen MR) is 56.8 cm³/mol. The maximum atomic E-state index is 11.5. The number of hydrogen-bond donors (Lipinski definition) is 2. The fourth-order valence-corrected chi connectivity index (χ4v) is 1.65. The topological polar surface area (TPSA) is 106 Å². The minimum Gasteiger partial charge on any atom is -0.475 e. The summed E-state index contributed by atoms with van der Waals surface area (Å²) in [5.41, 5.74) is 0. The molecule has 0 bridgehead atoms. The molecule has 1 aromatic heterocycles. The zero-order valence-corrected chi connectivity index (χ0v) is 10.2. The van der Waals surface area contributed by atoms with Gasteiger partial charge in [-0.2, -0.15) is 0 Å². The van der Waals surface area contributed by atoms with E-state index < -0.39 is 26.8 Å². The van der Waals surface area contributed by atoms with Crippen LogP contribution in [0.3, 0.4) is 0 Å². The van der Waals surface area contributed by atoms with Crippen molar-refractivity contribution in [2.24, 2.45) is 5.92 Å². The first kappa shape index (κ1) is 13.7. The summed E-state index contributed by atoms with van der Waals surface area (Å²) in [6.07, 6.45) is 0. The monoisotopic (exact) mass is 263 g/mol. The van der Waals surface area contributed by atoms with E-state index in [1.807, 2.05) is 18.7 Å². The Bertz CT molecular complexity index is 489. The Labute approximate surface area is 98.4 Å². The van der Waals surface area contributed by atoms with E-state index in [2.05, 4.69) is 4.42 Å². The van der Waals surface area contributed by atoms with Crippen LogP contribution in [0.5, 0.6) is 0 Å². The molecule has 0 radical (unpaired) electrons. The Hall–Kier alpha value is -1.38. The van der Waals surface area contributed by atoms with Crippen molar-refractivity contribution < 1.29 is 27.6 Å². The summed E-state index contributed by atoms with van der Waals surface area (Å²) in [7, 11) is -3.97. The van der Waals surface area contributed by atoms with E-state index in [9.17, 15) is 13.2 Å². The van der Waals surface area contributed by atoms with Gasteiger partial charge in [0.15, 0.2) is 0 Å². The van der Waals surface area contributed by atoms with Crippen molar-refractivity contribution >= 4 is 16.0 Å². The van der Waals surface area contributed by atoms with Crippen LogP contribution in [0.25, 0.3) is 0 Å². The third-order valence-corrected chi connectivity index (χ3v) is 2.73. The van der Waals surface area contributed by atoms with E-state index in [1.54, 1.807) is 0 Å². The smallest absolute Gasteiger partial charge is 0.371 e. The molecule has 1 rings (SSSR count). The number of aromatic carboxylic acids is 1. The zero-order chi connectivity index (χ0) is 13.1. The van der Waals surface area contributed by atoms with Crippen molar-refractivity contribution in [2.75, 3.05) is 6.61 Å². The molecule has 0 saturated carbocycles. The molecular formula is C9H13NO6S. The number of sulfonamides is 1. The number of furan rings is 1. The van der Waals surface area contributed by atoms with Gasteiger partial charge in [0.25, 0.3) is 10.0 Å². The van der Waals surface area contributed by atoms with E-state index in [1.165, 1.54) is 0 Å². The van der Waals surface area contributed by atoms with Crippen molar-refractivity contribution in [1.82, 2.24) is 4.89 Å². The summed E-state index contributed by atoms with van der Waals surface area (Å²) in [6.45, 7) is 3.90. The van der Waals surface area contributed by atoms with Crippen LogP contribution in [0.15, 0.2) is 21.6 Å². The second kappa shape index (κ2) is 5.30. The summed E-state index contributed by atoms with van der Waals surface area (Å²) >= 11 is 0. The molecule has 8 heteroatoms. The second-order valence-corrected chi connectivity index (χ2v) is 5.29. The Morgan fingerprint density at radius 2 is 2.18 bits per heavy atom. The fourth-order valence-electron chi connectivity index (χ4n) is 0.899. The third-order valence-electron chi connectivity index (χ3n) is 1.64. The maximum absolute atomic E-state index is 11.5. The van der Waals surface area contributed by atoms with Crippen molar-refractivity contribution in [3.05, 3.63) is 17.9 Å². The third kappa shape index (κ3) is 3.84. The van der Waals surface area contributed by atoms with Crippen LogP contribution in [0.4, 0.5) is 0 Å². The molecule has 96 valence electrons. The quantitative estimate of drug-likeness (QED) is 0.737. The number of hydrogen-bond acceptors (Lipinski definition) is 5. The summed E-state index contributed by atoms with van der Waals surface area (Å²) in [4.78, 5) is 17.1. The number of carboxylic acids is 1. The molecule has 0 amide bonds. The maximum Gasteiger partial charge on any atom is 0.371 e. The lowest BCUT2D eigenvalue weighted by molar-refractivity contribution is 0.0648. The van der Waals surface area contributed by atoms with Crippen molar-refractivity contribution in [2.45, 2.75) is 18.9 Å². The van der Waals surface area contributed by atoms with E-state index >= 15 is 0 Å². The van der Waals surface area contributed by atoms with Crippen LogP contribution in [0, 0.1) is 5.92 Å². The van der Waals surface area contributed by atoms with E-state index in [0.29, 0.717) is 0 Å². The van der Waals surface area contributed by atoms with Gasteiger partial charge in [-0.1, -0.05) is 18.7 Å². The normalized spacial score (nSPS) is 11.9. The highest BCUT2D eigenvalue weighted by atomic mass is 32.2. The summed E-state index contributed by atoms with van der Waals surface area (Å²) in [5.74, 6) is -1.63. The van der Waals surface area contributed by atoms with Crippen molar-refractivity contribution in [3.8, 4) is 0 Å². The van der Waals surface area contributed by atoms with Crippen LogP contribution in [0.2, 0.25) is 0 Å². The van der Waals surface area contributed by atoms with Crippen LogP contribution >= 0.6 is 0 Å². The number of nitrogens with one attached hydrogen (secondary N) is 1. The minimum atomic E-state index is -3.97. The minimum absolute atomic E-state index is 0.156. The van der Waals surface area contributed by atoms with Gasteiger partial charge in [0.05, 0.1) is 6.61 Å². The highest BCUT2D eigenvalue weighted by molar-refractivity contribution is 7.89. The summed E-state index contributed by atoms with van der Waals surface area (Å²) in [6, 6.07) is 2.10. The van der Waals surface area contributed by atoms with Crippen LogP contribution in [0.1, 0.15) is 24.4 Å². The van der Waals surface area contributed by atoms with Crippen molar-refractivity contribution in [3.63, 3.8) is 0 Å². The molecule has 0 aliphatic heterocycles. The Morgan fingerprint density at radius 1 is 1.53 bits per heavy atom. The first-order valence-electron chi connectivity index (χ1n) is 4.79. The second-order valence-electron chi connectivity index (χ2n) is 3.72. The number of carboxylic acid groups (broad SMARTS) is 1. The lowest BCUT2D eigenvalue weighted by atomic mass is 10.2. The molecule has 1 heterocycles. The number of carbonyl (C=O) groups is 1. The average Bonchev–Trinajstić information content (AvgIpc) is 2.65. The highest BCUT2D eigenvalue weighted by Crippen LogP contribution is 2.13. The zero-order valence-electron chi connectivity index (χ0n) is 9.34. The van der Waals surface area contributed by atoms with Gasteiger partial charge in [0, 0.05) is 0 Å². The number of rotatable bonds is 6. The Balaban J connectivity index is 2.72. The molecule has 17 heavy (non-hydrogen) atoms. The standard InChI is InChI=1S/C9H13NO6S/c1-6(2)5-15-10-17(13,14)8-4-3-7(16-8)9(11)12/h3-4,6,10H,5H2,1-2H3,(H,11,12). The van der Waals surface area contributed by atoms with Gasteiger partial charge in [-0.3, -0.25) is 4.84 Å². The highest BCUT2D eigenvalue weighted by Gasteiger charge is 2.21. The molecule has 0 aliphatic rings. The molecule has 2 N–H and O–H groups in total. The van der Waals surface area contributed by atoms with E-state index in [-0.39, 0.29) is 12.5 Å². The lowest BCUT2D eigenvalue weighted by Gasteiger charge is -2.06. The van der Waals surface area contributed by atoms with Crippen LogP contribution in [-0.2, 0) is 14.9 Å². The van der Waals surface area contributed by atoms with Gasteiger partial charge in [-0.15, -0.1) is 0 Å². The van der Waals surface area contributed by atoms with Gasteiger partial charge in [0.1, 0.15) is 0 Å². The van der Waals surface area contributed by atoms with Crippen LogP contribution < -0.4 is 4.89 Å². The molecule has 0 saturated heterocycles. The molecular weight excluding hydrogens is 250 g/mol. The summed E-state index contributed by atoms with van der Waals surface area (Å²) in [5, 5.41) is 8.07. The molecule has 0 atom stereocenters. The molecule has 0 aromatic carbocycles. The molecule has 0 fully saturated rings. The van der Waals surface area contributed by atoms with E-state index in [0.717, 1.165) is 12.1 Å². The lowest BCUT2D eigenvalue weighted by Crippen LogP contribution is -2.25. The fraction of sp³-hybridized carbons (Fsp3) is 0.444. The largest absolute Gasteiger partial charge is 0.475 e. The molecule has 0 spiro atoms. The predicted octanol–water partition coefficient (Wildman–Crippen LogP) is 0.844. The van der Waals surface area contributed by atoms with Crippen LogP contribution in [-0.4, -0.2) is 26.1 Å². The Morgan fingerprint density at radius 3 is 2.65 bits per heavy atom. The van der Waals surface area contributed by atoms with Crippen molar-refractivity contribution in [1.29, 1.82) is 0 Å². The first-order valence-corrected chi connectivity index (χ1v) is 6.28. The van der Waals surface area contributed by atoms with Gasteiger partial charge in [0.2, 0.25) is 10.9 Å². The SMILES string of the molecule is CC(C)CONS(=O)(=O)c1ccc(C(=O)O)o1. The first-order chi connectivity index (χ1) is 7.83. The van der Waals surface area contributed by atoms with Gasteiger partial charge < -0.3 is 9.52 Å². The van der Waals surface area contributed by atoms with Gasteiger partial charge in [-0.25, -0.2) is 13.2 Å². The molecule has 7 nitrogen and oxygen atoms in total. The van der Waals surface area contributed by atoms with E-state index in [4.69, 9.17) is 9.94 Å². The van der Waals surface area contributed by atoms with Gasteiger partial charge >= 0.3 is 5.97 Å². The Kier molecular flexibility index (Phi) is 4.27.